The molecule has 0 amide bonds. The van der Waals surface area contributed by atoms with Crippen LogP contribution < -0.4 is 4.74 Å². The maximum absolute atomic E-state index is 9.55. The minimum Gasteiger partial charge on any atom is -0.493 e. The lowest BCUT2D eigenvalue weighted by Gasteiger charge is -2.31. The minimum absolute atomic E-state index is 0.558. The summed E-state index contributed by atoms with van der Waals surface area (Å²) < 4.78 is 10.9. The number of benzene rings is 2. The van der Waals surface area contributed by atoms with Gasteiger partial charge in [-0.25, -0.2) is 9.59 Å². The quantitative estimate of drug-likeness (QED) is 0.470. The second kappa shape index (κ2) is 12.6. The number of piperidine rings is 1. The highest BCUT2D eigenvalue weighted by molar-refractivity contribution is 5.89. The Labute approximate surface area is 198 Å². The first-order valence-corrected chi connectivity index (χ1v) is 11.3. The Bertz CT molecular complexity index is 1080. The van der Waals surface area contributed by atoms with E-state index in [-0.39, 0.29) is 0 Å². The van der Waals surface area contributed by atoms with E-state index in [1.54, 1.807) is 7.11 Å². The third-order valence-corrected chi connectivity index (χ3v) is 5.87. The van der Waals surface area contributed by atoms with Gasteiger partial charge in [-0.15, -0.1) is 0 Å². The molecule has 2 N–H and O–H groups in total. The van der Waals surface area contributed by atoms with Gasteiger partial charge in [-0.1, -0.05) is 41.6 Å². The van der Waals surface area contributed by atoms with E-state index in [2.05, 4.69) is 46.5 Å². The number of hydrogen-bond acceptors (Lipinski definition) is 6. The molecule has 8 heteroatoms. The van der Waals surface area contributed by atoms with Crippen LogP contribution in [0.1, 0.15) is 30.5 Å². The molecular weight excluding hydrogens is 436 g/mol. The largest absolute Gasteiger partial charge is 0.493 e. The topological polar surface area (TPSA) is 113 Å². The van der Waals surface area contributed by atoms with Gasteiger partial charge in [0.2, 0.25) is 5.58 Å². The Balaban J connectivity index is 0.000000350. The van der Waals surface area contributed by atoms with Crippen LogP contribution in [0.25, 0.3) is 11.0 Å². The number of para-hydroxylation sites is 1. The van der Waals surface area contributed by atoms with Gasteiger partial charge in [-0.05, 0) is 62.4 Å². The summed E-state index contributed by atoms with van der Waals surface area (Å²) in [5.41, 5.74) is 3.24. The van der Waals surface area contributed by atoms with Gasteiger partial charge in [0.25, 0.3) is 0 Å². The summed E-state index contributed by atoms with van der Waals surface area (Å²) in [5.74, 6) is -0.977. The third-order valence-electron chi connectivity index (χ3n) is 5.87. The fourth-order valence-corrected chi connectivity index (χ4v) is 4.09. The van der Waals surface area contributed by atoms with E-state index in [0.717, 1.165) is 41.3 Å². The molecule has 34 heavy (non-hydrogen) atoms. The zero-order valence-corrected chi connectivity index (χ0v) is 19.2. The first-order chi connectivity index (χ1) is 16.5. The number of aromatic nitrogens is 1. The number of rotatable bonds is 8. The number of likely N-dealkylation sites (tertiary alicyclic amines) is 1. The normalized spacial score (nSPS) is 14.6. The molecule has 2 aromatic carbocycles. The Morgan fingerprint density at radius 1 is 1.06 bits per heavy atom. The predicted molar refractivity (Wildman–Crippen MR) is 128 cm³/mol. The molecule has 0 atom stereocenters. The fourth-order valence-electron chi connectivity index (χ4n) is 4.09. The molecule has 0 spiro atoms. The Kier molecular flexibility index (Phi) is 9.22. The first kappa shape index (κ1) is 25.0. The SMILES string of the molecule is COc1cccc2c(CCC3CCN(Cc4ccccc4)CC3)noc12.O=C(O)C=CC(=O)O. The molecular formula is C26H30N2O6. The number of hydrogen-bond donors (Lipinski definition) is 2. The summed E-state index contributed by atoms with van der Waals surface area (Å²) in [6, 6.07) is 16.8. The van der Waals surface area contributed by atoms with E-state index in [0.29, 0.717) is 12.2 Å². The van der Waals surface area contributed by atoms with Crippen LogP contribution >= 0.6 is 0 Å². The average molecular weight is 467 g/mol. The van der Waals surface area contributed by atoms with Crippen molar-refractivity contribution in [3.63, 3.8) is 0 Å². The maximum Gasteiger partial charge on any atom is 0.328 e. The Morgan fingerprint density at radius 3 is 2.35 bits per heavy atom. The summed E-state index contributed by atoms with van der Waals surface area (Å²) in [4.78, 5) is 21.7. The summed E-state index contributed by atoms with van der Waals surface area (Å²) in [6.07, 6.45) is 5.81. The van der Waals surface area contributed by atoms with Crippen molar-refractivity contribution in [1.29, 1.82) is 0 Å². The lowest BCUT2D eigenvalue weighted by atomic mass is 9.91. The van der Waals surface area contributed by atoms with Crippen molar-refractivity contribution in [2.24, 2.45) is 5.92 Å². The molecule has 3 aromatic rings. The molecule has 2 heterocycles. The summed E-state index contributed by atoms with van der Waals surface area (Å²) >= 11 is 0. The van der Waals surface area contributed by atoms with E-state index in [1.165, 1.54) is 37.9 Å². The molecule has 0 radical (unpaired) electrons. The number of aliphatic carboxylic acids is 2. The van der Waals surface area contributed by atoms with Gasteiger partial charge >= 0.3 is 11.9 Å². The van der Waals surface area contributed by atoms with E-state index in [4.69, 9.17) is 19.5 Å². The summed E-state index contributed by atoms with van der Waals surface area (Å²) in [5, 5.41) is 21.0. The molecule has 1 aliphatic rings. The third kappa shape index (κ3) is 7.45. The van der Waals surface area contributed by atoms with E-state index in [1.807, 2.05) is 12.1 Å². The number of carboxylic acids is 2. The lowest BCUT2D eigenvalue weighted by Crippen LogP contribution is -2.33. The van der Waals surface area contributed by atoms with Crippen molar-refractivity contribution in [3.05, 3.63) is 71.9 Å². The van der Waals surface area contributed by atoms with Crippen LogP contribution in [0.15, 0.2) is 65.2 Å². The predicted octanol–water partition coefficient (Wildman–Crippen LogP) is 4.39. The van der Waals surface area contributed by atoms with Gasteiger partial charge in [0.05, 0.1) is 12.8 Å². The highest BCUT2D eigenvalue weighted by Crippen LogP contribution is 2.30. The lowest BCUT2D eigenvalue weighted by molar-refractivity contribution is -0.134. The zero-order chi connectivity index (χ0) is 24.3. The van der Waals surface area contributed by atoms with Gasteiger partial charge in [0.15, 0.2) is 5.75 Å². The molecule has 4 rings (SSSR count). The number of ether oxygens (including phenoxy) is 1. The van der Waals surface area contributed by atoms with Crippen molar-refractivity contribution < 1.29 is 29.1 Å². The summed E-state index contributed by atoms with van der Waals surface area (Å²) in [6.45, 7) is 3.45. The number of nitrogens with zero attached hydrogens (tertiary/aromatic N) is 2. The molecule has 0 saturated carbocycles. The Morgan fingerprint density at radius 2 is 1.74 bits per heavy atom. The number of aryl methyl sites for hydroxylation is 1. The molecule has 180 valence electrons. The van der Waals surface area contributed by atoms with Gasteiger partial charge in [-0.2, -0.15) is 0 Å². The number of carbonyl (C=O) groups is 2. The molecule has 8 nitrogen and oxygen atoms in total. The van der Waals surface area contributed by atoms with Crippen LogP contribution in [0, 0.1) is 5.92 Å². The van der Waals surface area contributed by atoms with Gasteiger partial charge in [0, 0.05) is 24.1 Å². The molecule has 1 aromatic heterocycles. The monoisotopic (exact) mass is 466 g/mol. The van der Waals surface area contributed by atoms with Crippen molar-refractivity contribution >= 4 is 22.9 Å². The van der Waals surface area contributed by atoms with E-state index in [9.17, 15) is 9.59 Å². The van der Waals surface area contributed by atoms with Crippen LogP contribution in [-0.4, -0.2) is 52.4 Å². The first-order valence-electron chi connectivity index (χ1n) is 11.3. The van der Waals surface area contributed by atoms with E-state index >= 15 is 0 Å². The van der Waals surface area contributed by atoms with Crippen LogP contribution in [0.3, 0.4) is 0 Å². The molecule has 0 aliphatic carbocycles. The highest BCUT2D eigenvalue weighted by atomic mass is 16.5. The van der Waals surface area contributed by atoms with Crippen molar-refractivity contribution in [2.45, 2.75) is 32.2 Å². The number of carboxylic acid groups (broad SMARTS) is 2. The molecule has 1 aliphatic heterocycles. The van der Waals surface area contributed by atoms with E-state index < -0.39 is 11.9 Å². The van der Waals surface area contributed by atoms with Crippen molar-refractivity contribution in [3.8, 4) is 5.75 Å². The molecule has 1 saturated heterocycles. The fraction of sp³-hybridized carbons (Fsp3) is 0.346. The van der Waals surface area contributed by atoms with Crippen molar-refractivity contribution in [2.75, 3.05) is 20.2 Å². The smallest absolute Gasteiger partial charge is 0.328 e. The Hall–Kier alpha value is -3.65. The standard InChI is InChI=1S/C22H26N2O2.C4H4O4/c1-25-21-9-5-8-19-20(23-26-22(19)21)11-10-17-12-14-24(15-13-17)16-18-6-3-2-4-7-18;5-3(6)1-2-4(7)8/h2-9,17H,10-16H2,1H3;1-2H,(H,5,6)(H,7,8). The molecule has 1 fully saturated rings. The maximum atomic E-state index is 9.55. The number of methoxy groups -OCH3 is 1. The minimum atomic E-state index is -1.26. The van der Waals surface area contributed by atoms with Crippen LogP contribution in [0.2, 0.25) is 0 Å². The molecule has 0 bridgehead atoms. The van der Waals surface area contributed by atoms with Gasteiger partial charge in [0.1, 0.15) is 0 Å². The summed E-state index contributed by atoms with van der Waals surface area (Å²) in [7, 11) is 1.67. The second-order valence-electron chi connectivity index (χ2n) is 8.22. The van der Waals surface area contributed by atoms with Crippen LogP contribution in [0.4, 0.5) is 0 Å². The van der Waals surface area contributed by atoms with Crippen LogP contribution in [0.5, 0.6) is 5.75 Å². The zero-order valence-electron chi connectivity index (χ0n) is 19.2. The number of fused-ring (bicyclic) bond motifs is 1. The van der Waals surface area contributed by atoms with Gasteiger partial charge < -0.3 is 19.5 Å². The second-order valence-corrected chi connectivity index (χ2v) is 8.22. The van der Waals surface area contributed by atoms with Crippen molar-refractivity contribution in [1.82, 2.24) is 10.1 Å². The van der Waals surface area contributed by atoms with Gasteiger partial charge in [-0.3, -0.25) is 4.90 Å². The highest BCUT2D eigenvalue weighted by Gasteiger charge is 2.20. The van der Waals surface area contributed by atoms with Crippen LogP contribution in [-0.2, 0) is 22.6 Å². The molecule has 0 unspecified atom stereocenters. The average Bonchev–Trinajstić information content (AvgIpc) is 3.27.